The fourth-order valence-electron chi connectivity index (χ4n) is 4.99. The molecule has 10 N–H and O–H groups in total. The van der Waals surface area contributed by atoms with Gasteiger partial charge in [-0.15, -0.1) is 0 Å². The van der Waals surface area contributed by atoms with Crippen LogP contribution in [0.3, 0.4) is 0 Å². The van der Waals surface area contributed by atoms with Crippen LogP contribution in [0, 0.1) is 5.92 Å². The van der Waals surface area contributed by atoms with Gasteiger partial charge in [0.2, 0.25) is 0 Å². The van der Waals surface area contributed by atoms with Crippen molar-refractivity contribution in [1.82, 2.24) is 0 Å². The van der Waals surface area contributed by atoms with Crippen LogP contribution >= 0.6 is 0 Å². The van der Waals surface area contributed by atoms with E-state index in [0.29, 0.717) is 12.0 Å². The maximum Gasteiger partial charge on any atom is 0.314 e. The van der Waals surface area contributed by atoms with Crippen molar-refractivity contribution in [3.8, 4) is 0 Å². The van der Waals surface area contributed by atoms with Crippen LogP contribution in [-0.2, 0) is 9.53 Å². The van der Waals surface area contributed by atoms with Gasteiger partial charge in [0.05, 0.1) is 42.7 Å². The largest absolute Gasteiger partial charge is 0.459 e. The second kappa shape index (κ2) is 21.5. The molecule has 0 aromatic heterocycles. The van der Waals surface area contributed by atoms with Crippen molar-refractivity contribution in [2.24, 2.45) is 5.92 Å². The van der Waals surface area contributed by atoms with Crippen molar-refractivity contribution in [1.29, 1.82) is 0 Å². The molecule has 0 fully saturated rings. The molecule has 0 spiro atoms. The van der Waals surface area contributed by atoms with E-state index in [1.165, 1.54) is 13.0 Å². The molecule has 0 aromatic rings. The van der Waals surface area contributed by atoms with E-state index in [0.717, 1.165) is 0 Å². The number of carbonyl (C=O) groups is 1. The van der Waals surface area contributed by atoms with Crippen molar-refractivity contribution in [2.75, 3.05) is 0 Å². The van der Waals surface area contributed by atoms with Gasteiger partial charge in [-0.3, -0.25) is 4.79 Å². The summed E-state index contributed by atoms with van der Waals surface area (Å²) in [5.74, 6) is -2.39. The van der Waals surface area contributed by atoms with Crippen LogP contribution < -0.4 is 0 Å². The Morgan fingerprint density at radius 2 is 1.20 bits per heavy atom. The van der Waals surface area contributed by atoms with Gasteiger partial charge in [0, 0.05) is 12.8 Å². The number of rotatable bonds is 3. The predicted octanol–water partition coefficient (Wildman–Crippen LogP) is 0.0786. The number of hydrogen-bond donors (Lipinski definition) is 10. The highest BCUT2D eigenvalue weighted by molar-refractivity contribution is 5.74. The Balaban J connectivity index is 3.17. The van der Waals surface area contributed by atoms with E-state index in [1.807, 2.05) is 0 Å². The Bertz CT molecular complexity index is 992. The molecule has 1 aliphatic heterocycles. The van der Waals surface area contributed by atoms with Crippen molar-refractivity contribution in [2.45, 2.75) is 133 Å². The zero-order valence-corrected chi connectivity index (χ0v) is 26.4. The molecule has 1 rings (SSSR count). The molecule has 1 heterocycles. The zero-order chi connectivity index (χ0) is 34.1. The van der Waals surface area contributed by atoms with E-state index in [9.17, 15) is 55.9 Å². The summed E-state index contributed by atoms with van der Waals surface area (Å²) in [6, 6.07) is 0. The Kier molecular flexibility index (Phi) is 19.5. The average molecular weight is 643 g/mol. The highest BCUT2D eigenvalue weighted by atomic mass is 16.6. The van der Waals surface area contributed by atoms with Crippen LogP contribution in [0.2, 0.25) is 0 Å². The molecule has 1 aliphatic rings. The number of cyclic esters (lactones) is 1. The molecule has 1 unspecified atom stereocenters. The normalized spacial score (nSPS) is 40.9. The van der Waals surface area contributed by atoms with Crippen molar-refractivity contribution >= 4 is 5.97 Å². The predicted molar refractivity (Wildman–Crippen MR) is 167 cm³/mol. The lowest BCUT2D eigenvalue weighted by Gasteiger charge is -2.29. The fraction of sp³-hybridized carbons (Fsp3) is 0.667. The number of hydrogen-bond acceptors (Lipinski definition) is 12. The number of carbonyl (C=O) groups excluding carboxylic acids is 1. The van der Waals surface area contributed by atoms with Gasteiger partial charge in [0.25, 0.3) is 0 Å². The number of aliphatic hydroxyl groups excluding tert-OH is 10. The molecular weight excluding hydrogens is 588 g/mol. The van der Waals surface area contributed by atoms with E-state index in [4.69, 9.17) is 4.74 Å². The highest BCUT2D eigenvalue weighted by Crippen LogP contribution is 2.23. The second-order valence-corrected chi connectivity index (χ2v) is 11.8. The van der Waals surface area contributed by atoms with Gasteiger partial charge in [0.1, 0.15) is 30.3 Å². The van der Waals surface area contributed by atoms with Gasteiger partial charge in [-0.1, -0.05) is 68.0 Å². The third-order valence-corrected chi connectivity index (χ3v) is 7.65. The Morgan fingerprint density at radius 1 is 0.733 bits per heavy atom. The summed E-state index contributed by atoms with van der Waals surface area (Å²) in [6.45, 7) is 4.79. The molecule has 12 nitrogen and oxygen atoms in total. The highest BCUT2D eigenvalue weighted by Gasteiger charge is 2.37. The smallest absolute Gasteiger partial charge is 0.314 e. The van der Waals surface area contributed by atoms with Crippen molar-refractivity contribution in [3.63, 3.8) is 0 Å². The van der Waals surface area contributed by atoms with Crippen molar-refractivity contribution in [3.05, 3.63) is 60.3 Å². The monoisotopic (exact) mass is 642 g/mol. The molecule has 0 aromatic carbocycles. The van der Waals surface area contributed by atoms with Crippen LogP contribution in [-0.4, -0.2) is 124 Å². The summed E-state index contributed by atoms with van der Waals surface area (Å²) >= 11 is 0. The molecule has 0 saturated carbocycles. The summed E-state index contributed by atoms with van der Waals surface area (Å²) < 4.78 is 5.35. The fourth-order valence-corrected chi connectivity index (χ4v) is 4.99. The second-order valence-electron chi connectivity index (χ2n) is 11.8. The lowest BCUT2D eigenvalue weighted by atomic mass is 9.88. The van der Waals surface area contributed by atoms with Gasteiger partial charge in [0.15, 0.2) is 0 Å². The molecule has 0 radical (unpaired) electrons. The molecule has 45 heavy (non-hydrogen) atoms. The quantitative estimate of drug-likeness (QED) is 0.185. The van der Waals surface area contributed by atoms with E-state index < -0.39 is 85.5 Å². The van der Waals surface area contributed by atoms with Gasteiger partial charge in [-0.25, -0.2) is 0 Å². The van der Waals surface area contributed by atoms with Crippen molar-refractivity contribution < 1.29 is 60.6 Å². The third-order valence-electron chi connectivity index (χ3n) is 7.65. The Morgan fingerprint density at radius 3 is 1.73 bits per heavy atom. The lowest BCUT2D eigenvalue weighted by molar-refractivity contribution is -0.168. The Labute approximate surface area is 265 Å². The molecule has 12 atom stereocenters. The molecule has 0 amide bonds. The molecule has 0 saturated heterocycles. The first kappa shape index (κ1) is 40.8. The van der Waals surface area contributed by atoms with E-state index in [-0.39, 0.29) is 32.1 Å². The first-order valence-electron chi connectivity index (χ1n) is 15.5. The summed E-state index contributed by atoms with van der Waals surface area (Å²) in [6.07, 6.45) is -1.28. The first-order valence-corrected chi connectivity index (χ1v) is 15.5. The SMILES string of the molecule is CCC[C@H](O)[C@H]1C(=O)O[C@@H](C)[C@@H](O)/C=C/C=C/C=C/C=C/C=C(/C)[C@H](O)C(O)[C@H](O)C[C@H](O)C[C@H](O)C[C@H](O)C[C@@H](O)C[C@H]1O. The van der Waals surface area contributed by atoms with Gasteiger partial charge < -0.3 is 55.8 Å². The molecule has 12 heteroatoms. The summed E-state index contributed by atoms with van der Waals surface area (Å²) in [4.78, 5) is 13.0. The number of allylic oxidation sites excluding steroid dienone is 8. The van der Waals surface area contributed by atoms with E-state index in [1.54, 1.807) is 62.5 Å². The minimum atomic E-state index is -1.61. The standard InChI is InChI=1S/C33H54O12/c1-4-12-27(39)30-28(40)18-24(36)16-22(34)15-23(35)17-25(37)19-29(41)32(43)31(42)20(2)13-10-8-6-5-7-9-11-14-26(38)21(3)45-33(30)44/h5-11,13-14,21-32,34-43H,4,12,15-19H2,1-3H3/b6-5+,9-7+,10-8+,14-11+,20-13-/t21-,22-,23+,24+,25+,26-,27-,28+,29+,30+,31-,32?/m0/s1. The van der Waals surface area contributed by atoms with E-state index >= 15 is 0 Å². The average Bonchev–Trinajstić information content (AvgIpc) is 2.94. The summed E-state index contributed by atoms with van der Waals surface area (Å²) in [5.41, 5.74) is 0.356. The molecular formula is C33H54O12. The maximum absolute atomic E-state index is 13.0. The number of ether oxygens (including phenoxy) is 1. The maximum atomic E-state index is 13.0. The summed E-state index contributed by atoms with van der Waals surface area (Å²) in [5, 5.41) is 105. The molecule has 0 aliphatic carbocycles. The minimum absolute atomic E-state index is 0.162. The number of aliphatic hydroxyl groups is 10. The zero-order valence-electron chi connectivity index (χ0n) is 26.4. The van der Waals surface area contributed by atoms with E-state index in [2.05, 4.69) is 0 Å². The molecule has 258 valence electrons. The van der Waals surface area contributed by atoms with Crippen LogP contribution in [0.4, 0.5) is 0 Å². The number of esters is 1. The first-order chi connectivity index (χ1) is 21.2. The summed E-state index contributed by atoms with van der Waals surface area (Å²) in [7, 11) is 0. The van der Waals surface area contributed by atoms with Crippen LogP contribution in [0.15, 0.2) is 60.3 Å². The topological polar surface area (TPSA) is 229 Å². The van der Waals surface area contributed by atoms with Crippen LogP contribution in [0.25, 0.3) is 0 Å². The molecule has 0 bridgehead atoms. The van der Waals surface area contributed by atoms with Crippen LogP contribution in [0.1, 0.15) is 65.7 Å². The Hall–Kier alpha value is -2.23. The minimum Gasteiger partial charge on any atom is -0.459 e. The van der Waals surface area contributed by atoms with Gasteiger partial charge >= 0.3 is 5.97 Å². The lowest BCUT2D eigenvalue weighted by Crippen LogP contribution is -2.43. The van der Waals surface area contributed by atoms with Gasteiger partial charge in [-0.05, 0) is 45.1 Å². The third kappa shape index (κ3) is 15.7. The van der Waals surface area contributed by atoms with Gasteiger partial charge in [-0.2, -0.15) is 0 Å². The van der Waals surface area contributed by atoms with Crippen LogP contribution in [0.5, 0.6) is 0 Å².